The molecule has 1 unspecified atom stereocenters. The van der Waals surface area contributed by atoms with Crippen LogP contribution in [-0.4, -0.2) is 15.9 Å². The third kappa shape index (κ3) is 2.65. The Morgan fingerprint density at radius 2 is 1.95 bits per heavy atom. The van der Waals surface area contributed by atoms with Crippen molar-refractivity contribution < 1.29 is 4.79 Å². The van der Waals surface area contributed by atoms with Crippen molar-refractivity contribution in [1.82, 2.24) is 9.97 Å². The van der Waals surface area contributed by atoms with Crippen molar-refractivity contribution in [3.05, 3.63) is 52.9 Å². The second-order valence-electron chi connectivity index (χ2n) is 4.89. The van der Waals surface area contributed by atoms with Crippen LogP contribution in [0.5, 0.6) is 0 Å². The Morgan fingerprint density at radius 3 is 2.75 bits per heavy atom. The van der Waals surface area contributed by atoms with E-state index in [9.17, 15) is 4.79 Å². The summed E-state index contributed by atoms with van der Waals surface area (Å²) in [5.41, 5.74) is 2.60. The molecular formula is C15H14ClN3O. The lowest BCUT2D eigenvalue weighted by Crippen LogP contribution is -2.28. The van der Waals surface area contributed by atoms with Gasteiger partial charge >= 0.3 is 0 Å². The maximum Gasteiger partial charge on any atom is 0.229 e. The van der Waals surface area contributed by atoms with Gasteiger partial charge in [0.15, 0.2) is 11.0 Å². The molecule has 2 aromatic rings. The summed E-state index contributed by atoms with van der Waals surface area (Å²) in [6, 6.07) is 8.27. The molecule has 0 saturated heterocycles. The number of fused-ring (bicyclic) bond motifs is 1. The first-order valence-electron chi connectivity index (χ1n) is 6.58. The van der Waals surface area contributed by atoms with Gasteiger partial charge < -0.3 is 5.32 Å². The zero-order chi connectivity index (χ0) is 13.9. The van der Waals surface area contributed by atoms with Gasteiger partial charge in [-0.3, -0.25) is 4.79 Å². The van der Waals surface area contributed by atoms with E-state index < -0.39 is 0 Å². The number of halogens is 1. The topological polar surface area (TPSA) is 54.9 Å². The monoisotopic (exact) mass is 287 g/mol. The highest BCUT2D eigenvalue weighted by atomic mass is 35.5. The van der Waals surface area contributed by atoms with Crippen molar-refractivity contribution in [2.75, 3.05) is 5.32 Å². The molecule has 4 nitrogen and oxygen atoms in total. The van der Waals surface area contributed by atoms with Crippen LogP contribution in [0.25, 0.3) is 0 Å². The molecule has 102 valence electrons. The summed E-state index contributed by atoms with van der Waals surface area (Å²) in [6.45, 7) is 0. The number of carbonyl (C=O) groups is 1. The zero-order valence-corrected chi connectivity index (χ0v) is 11.6. The molecule has 5 heteroatoms. The fourth-order valence-corrected chi connectivity index (χ4v) is 2.70. The van der Waals surface area contributed by atoms with Crippen molar-refractivity contribution in [3.63, 3.8) is 0 Å². The summed E-state index contributed by atoms with van der Waals surface area (Å²) < 4.78 is 0. The Labute approximate surface area is 122 Å². The van der Waals surface area contributed by atoms with E-state index in [2.05, 4.69) is 27.4 Å². The van der Waals surface area contributed by atoms with Gasteiger partial charge in [0.05, 0.1) is 0 Å². The predicted molar refractivity (Wildman–Crippen MR) is 77.6 cm³/mol. The van der Waals surface area contributed by atoms with Gasteiger partial charge in [-0.2, -0.15) is 0 Å². The van der Waals surface area contributed by atoms with Gasteiger partial charge in [0, 0.05) is 18.3 Å². The number of rotatable bonds is 2. The molecule has 1 heterocycles. The van der Waals surface area contributed by atoms with Crippen molar-refractivity contribution >= 4 is 23.3 Å². The number of amides is 1. The van der Waals surface area contributed by atoms with Gasteiger partial charge in [0.2, 0.25) is 5.91 Å². The summed E-state index contributed by atoms with van der Waals surface area (Å²) in [7, 11) is 0. The van der Waals surface area contributed by atoms with Crippen LogP contribution in [0.4, 0.5) is 5.82 Å². The lowest BCUT2D eigenvalue weighted by Gasteiger charge is -2.23. The Hall–Kier alpha value is -1.94. The third-order valence-corrected chi connectivity index (χ3v) is 3.89. The molecule has 1 aliphatic carbocycles. The Bertz CT molecular complexity index is 645. The number of benzene rings is 1. The smallest absolute Gasteiger partial charge is 0.229 e. The Morgan fingerprint density at radius 1 is 1.20 bits per heavy atom. The molecule has 1 N–H and O–H groups in total. The van der Waals surface area contributed by atoms with E-state index in [1.807, 2.05) is 12.1 Å². The van der Waals surface area contributed by atoms with E-state index in [4.69, 9.17) is 11.6 Å². The fourth-order valence-electron chi connectivity index (χ4n) is 2.55. The molecule has 1 aliphatic rings. The molecule has 1 aromatic heterocycles. The number of aryl methyl sites for hydroxylation is 1. The van der Waals surface area contributed by atoms with Crippen molar-refractivity contribution in [1.29, 1.82) is 0 Å². The number of nitrogens with one attached hydrogen (secondary N) is 1. The Balaban J connectivity index is 1.72. The molecular weight excluding hydrogens is 274 g/mol. The second kappa shape index (κ2) is 5.59. The van der Waals surface area contributed by atoms with Crippen molar-refractivity contribution in [2.24, 2.45) is 5.92 Å². The van der Waals surface area contributed by atoms with Gasteiger partial charge in [-0.1, -0.05) is 35.9 Å². The van der Waals surface area contributed by atoms with Crippen LogP contribution in [0, 0.1) is 5.92 Å². The van der Waals surface area contributed by atoms with Gasteiger partial charge in [-0.25, -0.2) is 9.97 Å². The van der Waals surface area contributed by atoms with E-state index in [1.54, 1.807) is 0 Å². The van der Waals surface area contributed by atoms with Gasteiger partial charge in [0.1, 0.15) is 0 Å². The first kappa shape index (κ1) is 13.1. The van der Waals surface area contributed by atoms with Crippen LogP contribution in [0.2, 0.25) is 5.15 Å². The molecule has 20 heavy (non-hydrogen) atoms. The van der Waals surface area contributed by atoms with Crippen molar-refractivity contribution in [2.45, 2.75) is 19.3 Å². The SMILES string of the molecule is O=C(Nc1nccnc1Cl)C1CCc2ccccc2C1. The van der Waals surface area contributed by atoms with Crippen LogP contribution in [0.15, 0.2) is 36.7 Å². The second-order valence-corrected chi connectivity index (χ2v) is 5.25. The highest BCUT2D eigenvalue weighted by Gasteiger charge is 2.25. The Kier molecular flexibility index (Phi) is 3.65. The number of carbonyl (C=O) groups excluding carboxylic acids is 1. The lowest BCUT2D eigenvalue weighted by atomic mass is 9.83. The molecule has 1 atom stereocenters. The molecule has 0 bridgehead atoms. The zero-order valence-electron chi connectivity index (χ0n) is 10.8. The van der Waals surface area contributed by atoms with Crippen LogP contribution >= 0.6 is 11.6 Å². The number of aromatic nitrogens is 2. The van der Waals surface area contributed by atoms with Gasteiger partial charge in [-0.15, -0.1) is 0 Å². The summed E-state index contributed by atoms with van der Waals surface area (Å²) in [4.78, 5) is 20.2. The highest BCUT2D eigenvalue weighted by Crippen LogP contribution is 2.26. The third-order valence-electron chi connectivity index (χ3n) is 3.61. The average molecular weight is 288 g/mol. The minimum Gasteiger partial charge on any atom is -0.308 e. The summed E-state index contributed by atoms with van der Waals surface area (Å²) in [5, 5.41) is 2.99. The molecule has 0 spiro atoms. The molecule has 0 fully saturated rings. The molecule has 0 aliphatic heterocycles. The molecule has 0 radical (unpaired) electrons. The number of anilines is 1. The highest BCUT2D eigenvalue weighted by molar-refractivity contribution is 6.32. The number of hydrogen-bond donors (Lipinski definition) is 1. The maximum absolute atomic E-state index is 12.3. The number of nitrogens with zero attached hydrogens (tertiary/aromatic N) is 2. The average Bonchev–Trinajstić information content (AvgIpc) is 2.49. The summed E-state index contributed by atoms with van der Waals surface area (Å²) in [6.07, 6.45) is 5.55. The van der Waals surface area contributed by atoms with Gasteiger partial charge in [0.25, 0.3) is 0 Å². The molecule has 1 aromatic carbocycles. The van der Waals surface area contributed by atoms with E-state index in [0.717, 1.165) is 19.3 Å². The largest absolute Gasteiger partial charge is 0.308 e. The van der Waals surface area contributed by atoms with Crippen LogP contribution in [0.3, 0.4) is 0 Å². The van der Waals surface area contributed by atoms with Crippen LogP contribution in [-0.2, 0) is 17.6 Å². The van der Waals surface area contributed by atoms with Gasteiger partial charge in [-0.05, 0) is 30.4 Å². The minimum absolute atomic E-state index is 0.0389. The maximum atomic E-state index is 12.3. The standard InChI is InChI=1S/C15H14ClN3O/c16-13-14(18-8-7-17-13)19-15(20)12-6-5-10-3-1-2-4-11(10)9-12/h1-4,7-8,12H,5-6,9H2,(H,18,19,20). The molecule has 3 rings (SSSR count). The summed E-state index contributed by atoms with van der Waals surface area (Å²) >= 11 is 5.90. The lowest BCUT2D eigenvalue weighted by molar-refractivity contribution is -0.120. The first-order chi connectivity index (χ1) is 9.74. The molecule has 0 saturated carbocycles. The fraction of sp³-hybridized carbons (Fsp3) is 0.267. The normalized spacial score (nSPS) is 17.4. The van der Waals surface area contributed by atoms with E-state index >= 15 is 0 Å². The van der Waals surface area contributed by atoms with Crippen LogP contribution < -0.4 is 5.32 Å². The predicted octanol–water partition coefficient (Wildman–Crippen LogP) is 2.87. The number of hydrogen-bond acceptors (Lipinski definition) is 3. The first-order valence-corrected chi connectivity index (χ1v) is 6.96. The molecule has 1 amide bonds. The summed E-state index contributed by atoms with van der Waals surface area (Å²) in [5.74, 6) is 0.253. The van der Waals surface area contributed by atoms with E-state index in [0.29, 0.717) is 5.82 Å². The van der Waals surface area contributed by atoms with E-state index in [1.165, 1.54) is 23.5 Å². The minimum atomic E-state index is -0.0399. The quantitative estimate of drug-likeness (QED) is 0.924. The van der Waals surface area contributed by atoms with Crippen molar-refractivity contribution in [3.8, 4) is 0 Å². The van der Waals surface area contributed by atoms with E-state index in [-0.39, 0.29) is 17.0 Å². The van der Waals surface area contributed by atoms with Crippen LogP contribution in [0.1, 0.15) is 17.5 Å².